The molecule has 0 spiro atoms. The van der Waals surface area contributed by atoms with E-state index in [1.165, 1.54) is 154 Å². The molecule has 5 N–H and O–H groups in total. The standard InChI is InChI=1S/C34H71NO3.C3H6O2/c1-4-6-8-10-12-14-16-18-20-22-24-26-28-32(34(37)33(35)30-38-31(3)36)29-27-25-23-21-19-17-15-13-11-9-7-5-2;1-2-3(4)5/h31-34,36-37H,4-30,35H2,1-3H3;2H2,1H3,(H,4,5). The van der Waals surface area contributed by atoms with Gasteiger partial charge in [0.2, 0.25) is 0 Å². The fourth-order valence-corrected chi connectivity index (χ4v) is 5.68. The predicted molar refractivity (Wildman–Crippen MR) is 184 cm³/mol. The van der Waals surface area contributed by atoms with E-state index in [9.17, 15) is 15.0 Å². The Morgan fingerprint density at radius 3 is 1.12 bits per heavy atom. The molecule has 43 heavy (non-hydrogen) atoms. The minimum Gasteiger partial charge on any atom is -0.481 e. The molecule has 0 aromatic heterocycles. The summed E-state index contributed by atoms with van der Waals surface area (Å²) in [4.78, 5) is 9.37. The molecule has 0 saturated heterocycles. The molecule has 0 amide bonds. The van der Waals surface area contributed by atoms with Crippen LogP contribution in [0.1, 0.15) is 201 Å². The van der Waals surface area contributed by atoms with E-state index in [1.807, 2.05) is 0 Å². The molecule has 0 aromatic rings. The molecule has 0 radical (unpaired) electrons. The van der Waals surface area contributed by atoms with Crippen molar-refractivity contribution in [1.29, 1.82) is 0 Å². The van der Waals surface area contributed by atoms with Gasteiger partial charge in [-0.2, -0.15) is 0 Å². The first kappa shape index (κ1) is 44.4. The van der Waals surface area contributed by atoms with Crippen molar-refractivity contribution in [2.24, 2.45) is 11.7 Å². The van der Waals surface area contributed by atoms with Crippen molar-refractivity contribution in [3.05, 3.63) is 0 Å². The van der Waals surface area contributed by atoms with Gasteiger partial charge in [0.25, 0.3) is 0 Å². The van der Waals surface area contributed by atoms with E-state index < -0.39 is 24.4 Å². The molecule has 6 heteroatoms. The first-order valence-corrected chi connectivity index (χ1v) is 18.7. The van der Waals surface area contributed by atoms with Crippen LogP contribution >= 0.6 is 0 Å². The van der Waals surface area contributed by atoms with E-state index in [1.54, 1.807) is 13.8 Å². The van der Waals surface area contributed by atoms with Crippen LogP contribution in [0, 0.1) is 5.92 Å². The van der Waals surface area contributed by atoms with Gasteiger partial charge in [0, 0.05) is 6.42 Å². The number of aliphatic hydroxyl groups excluding tert-OH is 2. The highest BCUT2D eigenvalue weighted by Crippen LogP contribution is 2.24. The maximum Gasteiger partial charge on any atom is 0.303 e. The van der Waals surface area contributed by atoms with Crippen molar-refractivity contribution in [1.82, 2.24) is 0 Å². The largest absolute Gasteiger partial charge is 0.481 e. The van der Waals surface area contributed by atoms with Crippen molar-refractivity contribution in [3.63, 3.8) is 0 Å². The lowest BCUT2D eigenvalue weighted by molar-refractivity contribution is -0.136. The molecular weight excluding hydrogens is 538 g/mol. The normalized spacial score (nSPS) is 13.5. The highest BCUT2D eigenvalue weighted by atomic mass is 16.6. The predicted octanol–water partition coefficient (Wildman–Crippen LogP) is 10.3. The summed E-state index contributed by atoms with van der Waals surface area (Å²) in [6.45, 7) is 7.97. The lowest BCUT2D eigenvalue weighted by Crippen LogP contribution is -2.44. The van der Waals surface area contributed by atoms with Crippen LogP contribution in [-0.4, -0.2) is 46.3 Å². The van der Waals surface area contributed by atoms with E-state index in [0.717, 1.165) is 12.8 Å². The van der Waals surface area contributed by atoms with Gasteiger partial charge in [-0.05, 0) is 25.7 Å². The second kappa shape index (κ2) is 35.8. The van der Waals surface area contributed by atoms with Crippen molar-refractivity contribution >= 4 is 5.97 Å². The van der Waals surface area contributed by atoms with Gasteiger partial charge in [0.05, 0.1) is 18.8 Å². The Labute approximate surface area is 268 Å². The molecule has 3 atom stereocenters. The van der Waals surface area contributed by atoms with Crippen molar-refractivity contribution < 1.29 is 24.9 Å². The summed E-state index contributed by atoms with van der Waals surface area (Å²) in [5.41, 5.74) is 6.25. The number of unbranched alkanes of at least 4 members (excludes halogenated alkanes) is 22. The molecule has 0 saturated carbocycles. The van der Waals surface area contributed by atoms with Crippen LogP contribution in [-0.2, 0) is 9.53 Å². The quantitative estimate of drug-likeness (QED) is 0.0442. The Morgan fingerprint density at radius 2 is 0.860 bits per heavy atom. The Balaban J connectivity index is 0. The van der Waals surface area contributed by atoms with Gasteiger partial charge in [-0.3, -0.25) is 4.79 Å². The molecule has 3 unspecified atom stereocenters. The minimum absolute atomic E-state index is 0.215. The van der Waals surface area contributed by atoms with Gasteiger partial charge in [0.1, 0.15) is 0 Å². The van der Waals surface area contributed by atoms with Gasteiger partial charge in [-0.1, -0.05) is 175 Å². The van der Waals surface area contributed by atoms with Gasteiger partial charge in [0.15, 0.2) is 6.29 Å². The molecular formula is C37H77NO5. The molecule has 0 heterocycles. The van der Waals surface area contributed by atoms with E-state index in [-0.39, 0.29) is 18.9 Å². The zero-order chi connectivity index (χ0) is 32.4. The zero-order valence-corrected chi connectivity index (χ0v) is 29.3. The topological polar surface area (TPSA) is 113 Å². The van der Waals surface area contributed by atoms with E-state index in [0.29, 0.717) is 0 Å². The summed E-state index contributed by atoms with van der Waals surface area (Å²) in [5, 5.41) is 28.1. The smallest absolute Gasteiger partial charge is 0.303 e. The van der Waals surface area contributed by atoms with Crippen molar-refractivity contribution in [3.8, 4) is 0 Å². The maximum absolute atomic E-state index is 11.0. The summed E-state index contributed by atoms with van der Waals surface area (Å²) < 4.78 is 5.28. The molecule has 260 valence electrons. The number of aliphatic carboxylic acids is 1. The first-order chi connectivity index (χ1) is 20.8. The van der Waals surface area contributed by atoms with Gasteiger partial charge in [-0.25, -0.2) is 0 Å². The number of nitrogens with two attached hydrogens (primary N) is 1. The van der Waals surface area contributed by atoms with Crippen LogP contribution in [0.4, 0.5) is 0 Å². The Kier molecular flexibility index (Phi) is 37.0. The lowest BCUT2D eigenvalue weighted by Gasteiger charge is -2.28. The number of carboxylic acids is 1. The highest BCUT2D eigenvalue weighted by Gasteiger charge is 2.25. The number of carboxylic acid groups (broad SMARTS) is 1. The second-order valence-electron chi connectivity index (χ2n) is 12.9. The average Bonchev–Trinajstić information content (AvgIpc) is 2.99. The molecule has 0 aliphatic rings. The monoisotopic (exact) mass is 616 g/mol. The number of aliphatic hydroxyl groups is 2. The van der Waals surface area contributed by atoms with E-state index >= 15 is 0 Å². The van der Waals surface area contributed by atoms with Crippen molar-refractivity contribution in [2.45, 2.75) is 219 Å². The molecule has 0 aliphatic carbocycles. The summed E-state index contributed by atoms with van der Waals surface area (Å²) in [7, 11) is 0. The molecule has 0 fully saturated rings. The third kappa shape index (κ3) is 35.7. The van der Waals surface area contributed by atoms with Gasteiger partial charge in [-0.15, -0.1) is 0 Å². The number of ether oxygens (including phenoxy) is 1. The number of hydrogen-bond donors (Lipinski definition) is 4. The van der Waals surface area contributed by atoms with Crippen LogP contribution in [0.3, 0.4) is 0 Å². The van der Waals surface area contributed by atoms with Gasteiger partial charge < -0.3 is 25.8 Å². The second-order valence-corrected chi connectivity index (χ2v) is 12.9. The molecule has 0 bridgehead atoms. The average molecular weight is 616 g/mol. The molecule has 0 aromatic carbocycles. The van der Waals surface area contributed by atoms with Crippen LogP contribution in [0.25, 0.3) is 0 Å². The molecule has 6 nitrogen and oxygen atoms in total. The maximum atomic E-state index is 11.0. The molecule has 0 aliphatic heterocycles. The van der Waals surface area contributed by atoms with Crippen LogP contribution in [0.5, 0.6) is 0 Å². The number of hydrogen-bond acceptors (Lipinski definition) is 5. The Morgan fingerprint density at radius 1 is 0.581 bits per heavy atom. The summed E-state index contributed by atoms with van der Waals surface area (Å²) in [5.74, 6) is -0.501. The van der Waals surface area contributed by atoms with Gasteiger partial charge >= 0.3 is 5.97 Å². The summed E-state index contributed by atoms with van der Waals surface area (Å²) in [6.07, 6.45) is 33.5. The van der Waals surface area contributed by atoms with Crippen LogP contribution in [0.2, 0.25) is 0 Å². The first-order valence-electron chi connectivity index (χ1n) is 18.7. The minimum atomic E-state index is -0.834. The third-order valence-electron chi connectivity index (χ3n) is 8.61. The highest BCUT2D eigenvalue weighted by molar-refractivity contribution is 5.66. The lowest BCUT2D eigenvalue weighted by atomic mass is 9.86. The van der Waals surface area contributed by atoms with Crippen molar-refractivity contribution in [2.75, 3.05) is 6.61 Å². The molecule has 0 rings (SSSR count). The van der Waals surface area contributed by atoms with E-state index in [4.69, 9.17) is 15.6 Å². The zero-order valence-electron chi connectivity index (χ0n) is 29.3. The Bertz CT molecular complexity index is 517. The van der Waals surface area contributed by atoms with Crippen LogP contribution < -0.4 is 5.73 Å². The fourth-order valence-electron chi connectivity index (χ4n) is 5.68. The number of carbonyl (C=O) groups is 1. The summed E-state index contributed by atoms with van der Waals surface area (Å²) in [6, 6.07) is -0.427. The number of rotatable bonds is 32. The summed E-state index contributed by atoms with van der Waals surface area (Å²) >= 11 is 0. The SMILES string of the molecule is CCC(=O)O.CCCCCCCCCCCCCCC(CCCCCCCCCCCCCC)C(O)C(N)COC(C)O. The Hall–Kier alpha value is -0.690. The van der Waals surface area contributed by atoms with E-state index in [2.05, 4.69) is 13.8 Å². The fraction of sp³-hybridized carbons (Fsp3) is 0.973. The van der Waals surface area contributed by atoms with Crippen LogP contribution in [0.15, 0.2) is 0 Å². The third-order valence-corrected chi connectivity index (χ3v) is 8.61.